The standard InChI is InChI=1S/C17H19F/c1-11(2)15-7-5-6-8-16(15)14-9-12(3)17(18)13(4)10-14/h5-11H,1-4H3. The first-order valence-corrected chi connectivity index (χ1v) is 6.36. The Kier molecular flexibility index (Phi) is 3.51. The van der Waals surface area contributed by atoms with E-state index in [9.17, 15) is 4.39 Å². The van der Waals surface area contributed by atoms with E-state index in [4.69, 9.17) is 0 Å². The lowest BCUT2D eigenvalue weighted by Crippen LogP contribution is -1.95. The maximum atomic E-state index is 13.7. The zero-order valence-corrected chi connectivity index (χ0v) is 11.4. The van der Waals surface area contributed by atoms with Crippen molar-refractivity contribution in [3.8, 4) is 11.1 Å². The minimum absolute atomic E-state index is 0.0965. The van der Waals surface area contributed by atoms with E-state index in [1.54, 1.807) is 0 Å². The monoisotopic (exact) mass is 242 g/mol. The third-order valence-electron chi connectivity index (χ3n) is 3.33. The Labute approximate surface area is 108 Å². The Morgan fingerprint density at radius 1 is 0.944 bits per heavy atom. The van der Waals surface area contributed by atoms with Gasteiger partial charge in [-0.25, -0.2) is 4.39 Å². The normalized spacial score (nSPS) is 11.0. The summed E-state index contributed by atoms with van der Waals surface area (Å²) in [5, 5.41) is 0. The first kappa shape index (κ1) is 12.8. The summed E-state index contributed by atoms with van der Waals surface area (Å²) in [7, 11) is 0. The predicted molar refractivity (Wildman–Crippen MR) is 75.4 cm³/mol. The van der Waals surface area contributed by atoms with Gasteiger partial charge in [-0.2, -0.15) is 0 Å². The number of hydrogen-bond donors (Lipinski definition) is 0. The lowest BCUT2D eigenvalue weighted by Gasteiger charge is -2.14. The van der Waals surface area contributed by atoms with Crippen molar-refractivity contribution in [1.29, 1.82) is 0 Å². The van der Waals surface area contributed by atoms with Crippen molar-refractivity contribution in [1.82, 2.24) is 0 Å². The Morgan fingerprint density at radius 2 is 1.50 bits per heavy atom. The molecule has 0 aromatic heterocycles. The van der Waals surface area contributed by atoms with E-state index in [1.807, 2.05) is 32.0 Å². The minimum atomic E-state index is -0.0965. The van der Waals surface area contributed by atoms with Gasteiger partial charge in [0.15, 0.2) is 0 Å². The average Bonchev–Trinajstić information content (AvgIpc) is 2.35. The maximum Gasteiger partial charge on any atom is 0.129 e. The fourth-order valence-corrected chi connectivity index (χ4v) is 2.36. The molecule has 2 aromatic carbocycles. The van der Waals surface area contributed by atoms with Crippen LogP contribution in [0.4, 0.5) is 4.39 Å². The van der Waals surface area contributed by atoms with Crippen molar-refractivity contribution in [3.63, 3.8) is 0 Å². The van der Waals surface area contributed by atoms with Crippen LogP contribution in [0.3, 0.4) is 0 Å². The van der Waals surface area contributed by atoms with Crippen LogP contribution in [0.5, 0.6) is 0 Å². The summed E-state index contributed by atoms with van der Waals surface area (Å²) in [4.78, 5) is 0. The molecule has 0 radical (unpaired) electrons. The molecule has 0 saturated heterocycles. The van der Waals surface area contributed by atoms with E-state index in [1.165, 1.54) is 11.1 Å². The van der Waals surface area contributed by atoms with E-state index < -0.39 is 0 Å². The van der Waals surface area contributed by atoms with Crippen LogP contribution < -0.4 is 0 Å². The third-order valence-corrected chi connectivity index (χ3v) is 3.33. The zero-order valence-electron chi connectivity index (χ0n) is 11.4. The summed E-state index contributed by atoms with van der Waals surface area (Å²) in [6, 6.07) is 12.2. The van der Waals surface area contributed by atoms with E-state index in [0.29, 0.717) is 17.0 Å². The molecule has 2 rings (SSSR count). The molecule has 0 heterocycles. The van der Waals surface area contributed by atoms with Gasteiger partial charge in [-0.3, -0.25) is 0 Å². The molecule has 0 fully saturated rings. The van der Waals surface area contributed by atoms with Crippen molar-refractivity contribution in [2.24, 2.45) is 0 Å². The molecule has 0 bridgehead atoms. The smallest absolute Gasteiger partial charge is 0.129 e. The van der Waals surface area contributed by atoms with Gasteiger partial charge < -0.3 is 0 Å². The molecule has 0 aliphatic carbocycles. The number of aryl methyl sites for hydroxylation is 2. The second kappa shape index (κ2) is 4.93. The van der Waals surface area contributed by atoms with Crippen LogP contribution in [0.2, 0.25) is 0 Å². The second-order valence-electron chi connectivity index (χ2n) is 5.17. The van der Waals surface area contributed by atoms with Gasteiger partial charge in [0, 0.05) is 0 Å². The predicted octanol–water partition coefficient (Wildman–Crippen LogP) is 5.23. The maximum absolute atomic E-state index is 13.7. The van der Waals surface area contributed by atoms with E-state index in [-0.39, 0.29) is 5.82 Å². The van der Waals surface area contributed by atoms with Crippen LogP contribution in [0.15, 0.2) is 36.4 Å². The van der Waals surface area contributed by atoms with Crippen molar-refractivity contribution >= 4 is 0 Å². The fourth-order valence-electron chi connectivity index (χ4n) is 2.36. The fraction of sp³-hybridized carbons (Fsp3) is 0.294. The topological polar surface area (TPSA) is 0 Å². The van der Waals surface area contributed by atoms with Crippen LogP contribution in [-0.2, 0) is 0 Å². The average molecular weight is 242 g/mol. The largest absolute Gasteiger partial charge is 0.206 e. The van der Waals surface area contributed by atoms with Crippen LogP contribution in [0.1, 0.15) is 36.5 Å². The molecule has 94 valence electrons. The number of rotatable bonds is 2. The first-order chi connectivity index (χ1) is 8.50. The van der Waals surface area contributed by atoms with Gasteiger partial charge in [0.1, 0.15) is 5.82 Å². The highest BCUT2D eigenvalue weighted by molar-refractivity contribution is 5.69. The van der Waals surface area contributed by atoms with E-state index in [2.05, 4.69) is 32.0 Å². The Bertz CT molecular complexity index is 545. The van der Waals surface area contributed by atoms with Crippen molar-refractivity contribution < 1.29 is 4.39 Å². The van der Waals surface area contributed by atoms with Crippen molar-refractivity contribution in [2.45, 2.75) is 33.6 Å². The molecule has 18 heavy (non-hydrogen) atoms. The zero-order chi connectivity index (χ0) is 13.3. The molecule has 0 unspecified atom stereocenters. The molecule has 0 N–H and O–H groups in total. The van der Waals surface area contributed by atoms with Crippen LogP contribution >= 0.6 is 0 Å². The summed E-state index contributed by atoms with van der Waals surface area (Å²) >= 11 is 0. The van der Waals surface area contributed by atoms with Gasteiger partial charge in [0.05, 0.1) is 0 Å². The number of halogens is 1. The molecule has 0 amide bonds. The van der Waals surface area contributed by atoms with Gasteiger partial charge in [0.25, 0.3) is 0 Å². The third kappa shape index (κ3) is 2.31. The summed E-state index contributed by atoms with van der Waals surface area (Å²) in [5.41, 5.74) is 5.05. The summed E-state index contributed by atoms with van der Waals surface area (Å²) in [6.07, 6.45) is 0. The molecular weight excluding hydrogens is 223 g/mol. The first-order valence-electron chi connectivity index (χ1n) is 6.36. The highest BCUT2D eigenvalue weighted by atomic mass is 19.1. The Morgan fingerprint density at radius 3 is 2.06 bits per heavy atom. The minimum Gasteiger partial charge on any atom is -0.206 e. The van der Waals surface area contributed by atoms with E-state index in [0.717, 1.165) is 5.56 Å². The molecular formula is C17H19F. The van der Waals surface area contributed by atoms with Crippen LogP contribution in [0, 0.1) is 19.7 Å². The molecule has 0 aliphatic heterocycles. The molecule has 0 atom stereocenters. The van der Waals surface area contributed by atoms with Crippen molar-refractivity contribution in [3.05, 3.63) is 58.9 Å². The molecule has 0 nitrogen and oxygen atoms in total. The number of benzene rings is 2. The molecule has 0 saturated carbocycles. The lowest BCUT2D eigenvalue weighted by molar-refractivity contribution is 0.609. The second-order valence-corrected chi connectivity index (χ2v) is 5.17. The van der Waals surface area contributed by atoms with Crippen LogP contribution in [-0.4, -0.2) is 0 Å². The molecule has 2 aromatic rings. The van der Waals surface area contributed by atoms with Gasteiger partial charge in [-0.05, 0) is 59.7 Å². The summed E-state index contributed by atoms with van der Waals surface area (Å²) < 4.78 is 13.7. The summed E-state index contributed by atoms with van der Waals surface area (Å²) in [5.74, 6) is 0.368. The summed E-state index contributed by atoms with van der Waals surface area (Å²) in [6.45, 7) is 8.01. The highest BCUT2D eigenvalue weighted by Crippen LogP contribution is 2.31. The molecule has 0 aliphatic rings. The number of hydrogen-bond acceptors (Lipinski definition) is 0. The van der Waals surface area contributed by atoms with Crippen molar-refractivity contribution in [2.75, 3.05) is 0 Å². The van der Waals surface area contributed by atoms with Gasteiger partial charge in [-0.1, -0.05) is 38.1 Å². The lowest BCUT2D eigenvalue weighted by atomic mass is 9.91. The van der Waals surface area contributed by atoms with Gasteiger partial charge in [0.2, 0.25) is 0 Å². The quantitative estimate of drug-likeness (QED) is 0.676. The van der Waals surface area contributed by atoms with Gasteiger partial charge >= 0.3 is 0 Å². The molecule has 1 heteroatoms. The molecule has 0 spiro atoms. The Balaban J connectivity index is 2.62. The van der Waals surface area contributed by atoms with E-state index >= 15 is 0 Å². The van der Waals surface area contributed by atoms with Crippen LogP contribution in [0.25, 0.3) is 11.1 Å². The highest BCUT2D eigenvalue weighted by Gasteiger charge is 2.10. The van der Waals surface area contributed by atoms with Gasteiger partial charge in [-0.15, -0.1) is 0 Å². The SMILES string of the molecule is Cc1cc(-c2ccccc2C(C)C)cc(C)c1F. The Hall–Kier alpha value is -1.63.